The number of aryl methyl sites for hydroxylation is 2. The van der Waals surface area contributed by atoms with Gasteiger partial charge in [-0.15, -0.1) is 4.52 Å². The fourth-order valence-corrected chi connectivity index (χ4v) is 14.2. The molecule has 6 N–H and O–H groups in total. The second-order valence-corrected chi connectivity index (χ2v) is 26.1. The number of amides is 1. The van der Waals surface area contributed by atoms with Crippen LogP contribution >= 0.6 is 8.17 Å². The molecule has 516 valence electrons. The van der Waals surface area contributed by atoms with Crippen molar-refractivity contribution in [2.24, 2.45) is 5.73 Å². The van der Waals surface area contributed by atoms with Gasteiger partial charge >= 0.3 is 25.8 Å². The van der Waals surface area contributed by atoms with Gasteiger partial charge in [0.1, 0.15) is 80.1 Å². The van der Waals surface area contributed by atoms with Crippen molar-refractivity contribution >= 4 is 43.0 Å². The Kier molecular flexibility index (Phi) is 21.9. The number of nitrogens with zero attached hydrogens (tertiary/aromatic N) is 5. The first kappa shape index (κ1) is 69.5. The number of hydrogen-bond acceptors (Lipinski definition) is 21. The summed E-state index contributed by atoms with van der Waals surface area (Å²) in [6, 6.07) is 47.6. The summed E-state index contributed by atoms with van der Waals surface area (Å²) in [5.74, 6) is -0.191. The summed E-state index contributed by atoms with van der Waals surface area (Å²) in [6.07, 6.45) is -2.41. The van der Waals surface area contributed by atoms with E-state index in [0.717, 1.165) is 33.4 Å². The number of ether oxygens (including phenoxy) is 7. The number of carbonyl (C=O) groups is 3. The molecular weight excluding hydrogens is 1290 g/mol. The highest BCUT2D eigenvalue weighted by atomic mass is 31.2. The van der Waals surface area contributed by atoms with E-state index in [1.807, 2.05) is 103 Å². The molecule has 25 nitrogen and oxygen atoms in total. The number of benzene rings is 6. The van der Waals surface area contributed by atoms with Crippen LogP contribution in [-0.4, -0.2) is 135 Å². The van der Waals surface area contributed by atoms with Crippen molar-refractivity contribution in [3.63, 3.8) is 0 Å². The maximum Gasteiger partial charge on any atom is 0.573 e. The van der Waals surface area contributed by atoms with Crippen molar-refractivity contribution in [3.05, 3.63) is 236 Å². The molecule has 0 radical (unpaired) electrons. The molecule has 99 heavy (non-hydrogen) atoms. The monoisotopic (exact) mass is 1370 g/mol. The number of imidazole rings is 1. The van der Waals surface area contributed by atoms with Gasteiger partial charge in [-0.3, -0.25) is 33.3 Å². The number of anilines is 1. The summed E-state index contributed by atoms with van der Waals surface area (Å²) in [4.78, 5) is 95.3. The Morgan fingerprint density at radius 2 is 1.34 bits per heavy atom. The largest absolute Gasteiger partial charge is 0.573 e. The highest BCUT2D eigenvalue weighted by Crippen LogP contribution is 2.61. The van der Waals surface area contributed by atoms with Crippen LogP contribution in [0.2, 0.25) is 0 Å². The number of H-pyrrole nitrogens is 1. The van der Waals surface area contributed by atoms with Crippen molar-refractivity contribution in [1.82, 2.24) is 29.1 Å². The highest BCUT2D eigenvalue weighted by molar-refractivity contribution is 7.55. The number of nitrogens with two attached hydrogens (primary N) is 1. The first-order chi connectivity index (χ1) is 48.0. The Morgan fingerprint density at radius 1 is 0.727 bits per heavy atom. The van der Waals surface area contributed by atoms with E-state index < -0.39 is 86.5 Å². The Balaban J connectivity index is 0.762. The molecule has 0 bridgehead atoms. The van der Waals surface area contributed by atoms with Crippen molar-refractivity contribution in [3.8, 4) is 22.6 Å². The number of aromatic amines is 1. The van der Waals surface area contributed by atoms with Gasteiger partial charge in [0.15, 0.2) is 17.0 Å². The standard InChI is InChI=1S/C73H77N8O17P/c1-45-39-80(72(87)79-70(45)85)63-38-60(61(95-63)41-92-73(49-13-6-5-7-14-49,50-25-29-52(89-3)30-26-50)51-27-31-53(90-4)32-28-51)98-99(88,93-36-12-35-74)94-42-62-59(97-66(84)33-19-46(2)82)37-64(96-62)81-44-77-67-68(75-43-76-69(67)81)78-71(86)48-23-20-47(21-24-48)22-34-65(83)91-40-58-56-17-10-8-15-54(56)55-16-9-11-18-57(55)58/h5-11,13-18,20-21,23-32,39,43-44,46,58-64,82,88H,12,19,22,33-38,40-42,74H2,1-4H3,(H-,75,76,78,79,85,86,87)/p+1/t46?,59?,60?,61?,62?,63-,64-,99?/m1/s1. The average molecular weight is 1370 g/mol. The number of esters is 2. The van der Waals surface area contributed by atoms with Gasteiger partial charge in [-0.2, -0.15) is 13.9 Å². The zero-order valence-corrected chi connectivity index (χ0v) is 55.9. The van der Waals surface area contributed by atoms with Crippen LogP contribution in [0, 0.1) is 6.92 Å². The first-order valence-corrected chi connectivity index (χ1v) is 34.2. The van der Waals surface area contributed by atoms with Crippen LogP contribution in [-0.2, 0) is 58.9 Å². The molecule has 26 heteroatoms. The SMILES string of the molecule is COc1ccc(C(OCC2O[C@@H](n3cc(C)c(=O)[nH]c3=O)CC2O[P+](O)(OCCCN)OCC2O[C@@H](n3cnc4c(NC(=O)c5ccc(CCC(=O)OCC6c7ccccc7-c7ccccc76)cc5)ncnc43)CC2OC(=O)CCC(C)O)(c2ccccc2)c2ccc(OC)cc2)cc1. The van der Waals surface area contributed by atoms with E-state index in [4.69, 9.17) is 52.5 Å². The highest BCUT2D eigenvalue weighted by Gasteiger charge is 2.55. The van der Waals surface area contributed by atoms with E-state index in [2.05, 4.69) is 49.5 Å². The first-order valence-electron chi connectivity index (χ1n) is 32.7. The lowest BCUT2D eigenvalue weighted by molar-refractivity contribution is -0.153. The fraction of sp³-hybridized carbons (Fsp3) is 0.342. The number of aromatic nitrogens is 6. The summed E-state index contributed by atoms with van der Waals surface area (Å²) >= 11 is 0. The smallest absolute Gasteiger partial charge is 0.497 e. The number of methoxy groups -OCH3 is 2. The number of nitrogens with one attached hydrogen (secondary N) is 2. The van der Waals surface area contributed by atoms with Crippen molar-refractivity contribution in [2.45, 2.75) is 113 Å². The van der Waals surface area contributed by atoms with Crippen molar-refractivity contribution < 1.29 is 71.1 Å². The second-order valence-electron chi connectivity index (χ2n) is 24.4. The predicted molar refractivity (Wildman–Crippen MR) is 364 cm³/mol. The molecule has 8 atom stereocenters. The van der Waals surface area contributed by atoms with E-state index in [0.29, 0.717) is 34.6 Å². The molecule has 3 aromatic heterocycles. The molecule has 9 aromatic rings. The quantitative estimate of drug-likeness (QED) is 0.0121. The molecule has 6 aromatic carbocycles. The minimum absolute atomic E-state index is 0.0153. The molecular formula is C73H78N8O17P+. The van der Waals surface area contributed by atoms with Gasteiger partial charge in [-0.25, -0.2) is 19.7 Å². The molecule has 2 saturated heterocycles. The number of hydrogen-bond donors (Lipinski definition) is 5. The van der Waals surface area contributed by atoms with Gasteiger partial charge in [0.05, 0.1) is 33.3 Å². The lowest BCUT2D eigenvalue weighted by Gasteiger charge is -2.37. The van der Waals surface area contributed by atoms with E-state index in [1.165, 1.54) is 23.4 Å². The number of carbonyl (C=O) groups excluding carboxylic acids is 3. The predicted octanol–water partition coefficient (Wildman–Crippen LogP) is 9.34. The van der Waals surface area contributed by atoms with E-state index in [1.54, 1.807) is 56.9 Å². The molecule has 12 rings (SSSR count). The van der Waals surface area contributed by atoms with Gasteiger partial charge in [0.2, 0.25) is 0 Å². The molecule has 2 aliphatic heterocycles. The summed E-state index contributed by atoms with van der Waals surface area (Å²) in [5, 5.41) is 13.0. The van der Waals surface area contributed by atoms with E-state index in [9.17, 15) is 34.0 Å². The Hall–Kier alpha value is -9.37. The van der Waals surface area contributed by atoms with Gasteiger partial charge in [-0.1, -0.05) is 115 Å². The van der Waals surface area contributed by atoms with Crippen LogP contribution in [0.4, 0.5) is 5.82 Å². The minimum atomic E-state index is -4.54. The van der Waals surface area contributed by atoms with E-state index >= 15 is 0 Å². The number of fused-ring (bicyclic) bond motifs is 4. The Labute approximate surface area is 570 Å². The van der Waals surface area contributed by atoms with Crippen LogP contribution in [0.1, 0.15) is 113 Å². The second kappa shape index (κ2) is 31.2. The van der Waals surface area contributed by atoms with Crippen LogP contribution in [0.25, 0.3) is 22.3 Å². The lowest BCUT2D eigenvalue weighted by atomic mass is 9.80. The molecule has 2 fully saturated rings. The minimum Gasteiger partial charge on any atom is -0.497 e. The molecule has 0 spiro atoms. The van der Waals surface area contributed by atoms with Crippen molar-refractivity contribution in [2.75, 3.05) is 52.5 Å². The van der Waals surface area contributed by atoms with E-state index in [-0.39, 0.29) is 99.3 Å². The van der Waals surface area contributed by atoms with Crippen LogP contribution in [0.3, 0.4) is 0 Å². The third-order valence-electron chi connectivity index (χ3n) is 17.9. The summed E-state index contributed by atoms with van der Waals surface area (Å²) < 4.78 is 65.7. The third kappa shape index (κ3) is 15.7. The maximum absolute atomic E-state index is 13.8. The molecule has 1 aliphatic carbocycles. The molecule has 6 unspecified atom stereocenters. The number of aliphatic hydroxyl groups excluding tert-OH is 1. The summed E-state index contributed by atoms with van der Waals surface area (Å²) in [5.41, 5.74) is 11.8. The van der Waals surface area contributed by atoms with Gasteiger partial charge < -0.3 is 49.3 Å². The number of aliphatic hydroxyl groups is 1. The molecule has 5 heterocycles. The number of rotatable bonds is 30. The van der Waals surface area contributed by atoms with Crippen LogP contribution in [0.5, 0.6) is 11.5 Å². The Bertz CT molecular complexity index is 4310. The van der Waals surface area contributed by atoms with Crippen LogP contribution in [0.15, 0.2) is 180 Å². The van der Waals surface area contributed by atoms with Gasteiger partial charge in [0.25, 0.3) is 11.5 Å². The van der Waals surface area contributed by atoms with Crippen molar-refractivity contribution in [1.29, 1.82) is 0 Å². The third-order valence-corrected chi connectivity index (χ3v) is 19.4. The normalized spacial score (nSPS) is 19.1. The van der Waals surface area contributed by atoms with Gasteiger partial charge in [-0.05, 0) is 121 Å². The zero-order valence-electron chi connectivity index (χ0n) is 55.0. The molecule has 0 saturated carbocycles. The molecule has 3 aliphatic rings. The zero-order chi connectivity index (χ0) is 69.2. The Morgan fingerprint density at radius 3 is 1.99 bits per heavy atom. The summed E-state index contributed by atoms with van der Waals surface area (Å²) in [7, 11) is -1.39. The maximum atomic E-state index is 13.8. The van der Waals surface area contributed by atoms with Gasteiger partial charge in [0, 0.05) is 48.9 Å². The summed E-state index contributed by atoms with van der Waals surface area (Å²) in [6.45, 7) is 2.64. The average Bonchev–Trinajstić information content (AvgIpc) is 1.50. The topological polar surface area (TPSA) is 320 Å². The molecule has 1 amide bonds. The van der Waals surface area contributed by atoms with Crippen LogP contribution < -0.4 is 31.8 Å². The lowest BCUT2D eigenvalue weighted by Crippen LogP contribution is -2.39. The fourth-order valence-electron chi connectivity index (χ4n) is 12.7.